The second-order valence-corrected chi connectivity index (χ2v) is 11.6. The zero-order chi connectivity index (χ0) is 33.8. The molecule has 0 aromatic carbocycles. The van der Waals surface area contributed by atoms with Crippen molar-refractivity contribution in [3.8, 4) is 0 Å². The minimum absolute atomic E-state index is 0.913. The van der Waals surface area contributed by atoms with Gasteiger partial charge in [0.25, 0.3) is 0 Å². The largest absolute Gasteiger partial charge is 0.394 e. The number of ether oxygens (including phenoxy) is 5. The van der Waals surface area contributed by atoms with Crippen LogP contribution in [0.25, 0.3) is 0 Å². The lowest BCUT2D eigenvalue weighted by Gasteiger charge is -2.61. The molecule has 0 aromatic heterocycles. The molecule has 45 heavy (non-hydrogen) atoms. The zero-order valence-corrected chi connectivity index (χ0v) is 23.4. The molecule has 16 N–H and O–H groups in total. The molecule has 0 bridgehead atoms. The van der Waals surface area contributed by atoms with Gasteiger partial charge in [0, 0.05) is 0 Å². The van der Waals surface area contributed by atoms with E-state index in [1.807, 2.05) is 0 Å². The highest BCUT2D eigenvalue weighted by atomic mass is 16.7. The third-order valence-electron chi connectivity index (χ3n) is 8.96. The molecular weight excluding hydrogens is 624 g/mol. The van der Waals surface area contributed by atoms with E-state index in [0.717, 1.165) is 0 Å². The number of aliphatic hydroxyl groups is 16. The van der Waals surface area contributed by atoms with Crippen LogP contribution in [-0.2, 0) is 23.7 Å². The lowest BCUT2D eigenvalue weighted by molar-refractivity contribution is -0.468. The highest BCUT2D eigenvalue weighted by Gasteiger charge is 2.75. The maximum absolute atomic E-state index is 12.2. The summed E-state index contributed by atoms with van der Waals surface area (Å²) in [5.74, 6) is -3.67. The predicted octanol–water partition coefficient (Wildman–Crippen LogP) is -11.0. The zero-order valence-electron chi connectivity index (χ0n) is 23.4. The van der Waals surface area contributed by atoms with Crippen LogP contribution < -0.4 is 0 Å². The van der Waals surface area contributed by atoms with E-state index in [1.165, 1.54) is 0 Å². The van der Waals surface area contributed by atoms with Gasteiger partial charge in [0.2, 0.25) is 5.79 Å². The van der Waals surface area contributed by atoms with Gasteiger partial charge >= 0.3 is 0 Å². The number of rotatable bonds is 8. The van der Waals surface area contributed by atoms with Crippen molar-refractivity contribution in [2.45, 2.75) is 121 Å². The normalized spacial score (nSPS) is 56.3. The Kier molecular flexibility index (Phi) is 11.5. The van der Waals surface area contributed by atoms with Crippen molar-refractivity contribution in [2.75, 3.05) is 26.4 Å². The Morgan fingerprint density at radius 2 is 0.867 bits per heavy atom. The third kappa shape index (κ3) is 5.92. The van der Waals surface area contributed by atoms with Crippen molar-refractivity contribution in [2.24, 2.45) is 0 Å². The summed E-state index contributed by atoms with van der Waals surface area (Å²) in [5, 5.41) is 169. The molecule has 0 radical (unpaired) electrons. The van der Waals surface area contributed by atoms with Crippen LogP contribution >= 0.6 is 0 Å². The van der Waals surface area contributed by atoms with Gasteiger partial charge in [-0.15, -0.1) is 0 Å². The van der Waals surface area contributed by atoms with Gasteiger partial charge in [-0.25, -0.2) is 0 Å². The van der Waals surface area contributed by atoms with Crippen LogP contribution in [0.15, 0.2) is 0 Å². The average Bonchev–Trinajstić information content (AvgIpc) is 3.02. The monoisotopic (exact) mass is 666 g/mol. The Balaban J connectivity index is 1.83. The molecule has 264 valence electrons. The number of hydrogen-bond acceptors (Lipinski definition) is 21. The molecule has 4 aliphatic rings. The Bertz CT molecular complexity index is 973. The molecule has 21 nitrogen and oxygen atoms in total. The Morgan fingerprint density at radius 3 is 1.33 bits per heavy atom. The summed E-state index contributed by atoms with van der Waals surface area (Å²) in [6.45, 7) is -4.25. The van der Waals surface area contributed by atoms with Gasteiger partial charge < -0.3 is 105 Å². The van der Waals surface area contributed by atoms with Crippen molar-refractivity contribution in [3.05, 3.63) is 0 Å². The second-order valence-electron chi connectivity index (χ2n) is 11.6. The van der Waals surface area contributed by atoms with Crippen LogP contribution in [0.1, 0.15) is 0 Å². The Labute approximate surface area is 253 Å². The molecular formula is C24H42O21. The van der Waals surface area contributed by atoms with E-state index in [4.69, 9.17) is 23.7 Å². The molecule has 4 heterocycles. The van der Waals surface area contributed by atoms with Crippen molar-refractivity contribution in [3.63, 3.8) is 0 Å². The standard InChI is InChI=1S/C24H42O21/c25-1-5-9(29)12(32)15(35)20(41-5)23(39)19(38)18(44-22-17(37)14(34)11(31)7(3-27)43-22)8(4-28)45-24(23,40)21-16(36)13(33)10(30)6(2-26)42-21/h5-22,25-40H,1-4H2/t5-,6-,7-,8-,9+,10+,11+,12-,13-,14+,15-,16-,17-,18-,19+,20?,21?,22+,23+,24?/m1/s1. The predicted molar refractivity (Wildman–Crippen MR) is 134 cm³/mol. The molecule has 0 spiro atoms. The van der Waals surface area contributed by atoms with Crippen molar-refractivity contribution in [1.82, 2.24) is 0 Å². The smallest absolute Gasteiger partial charge is 0.230 e. The van der Waals surface area contributed by atoms with Gasteiger partial charge in [-0.3, -0.25) is 0 Å². The highest BCUT2D eigenvalue weighted by molar-refractivity contribution is 5.20. The topological polar surface area (TPSA) is 370 Å². The minimum atomic E-state index is -3.67. The van der Waals surface area contributed by atoms with Gasteiger partial charge in [-0.1, -0.05) is 0 Å². The van der Waals surface area contributed by atoms with E-state index in [1.54, 1.807) is 0 Å². The molecule has 0 saturated carbocycles. The lowest BCUT2D eigenvalue weighted by atomic mass is 9.68. The van der Waals surface area contributed by atoms with Crippen LogP contribution in [0.2, 0.25) is 0 Å². The minimum Gasteiger partial charge on any atom is -0.394 e. The van der Waals surface area contributed by atoms with Gasteiger partial charge in [0.15, 0.2) is 11.9 Å². The summed E-state index contributed by atoms with van der Waals surface area (Å²) in [5.41, 5.74) is -3.67. The van der Waals surface area contributed by atoms with Crippen molar-refractivity contribution in [1.29, 1.82) is 0 Å². The molecule has 0 aliphatic carbocycles. The molecule has 21 heteroatoms. The summed E-state index contributed by atoms with van der Waals surface area (Å²) >= 11 is 0. The summed E-state index contributed by atoms with van der Waals surface area (Å²) in [6.07, 6.45) is -38.5. The van der Waals surface area contributed by atoms with Gasteiger partial charge in [0.1, 0.15) is 104 Å². The van der Waals surface area contributed by atoms with E-state index >= 15 is 0 Å². The summed E-state index contributed by atoms with van der Waals surface area (Å²) < 4.78 is 27.1. The molecule has 4 aliphatic heterocycles. The maximum atomic E-state index is 12.2. The first-order valence-corrected chi connectivity index (χ1v) is 14.0. The van der Waals surface area contributed by atoms with Gasteiger partial charge in [-0.05, 0) is 0 Å². The van der Waals surface area contributed by atoms with Crippen molar-refractivity contribution >= 4 is 0 Å². The molecule has 0 amide bonds. The summed E-state index contributed by atoms with van der Waals surface area (Å²) in [7, 11) is 0. The van der Waals surface area contributed by atoms with E-state index in [-0.39, 0.29) is 0 Å². The van der Waals surface area contributed by atoms with Crippen LogP contribution in [0.4, 0.5) is 0 Å². The fourth-order valence-corrected chi connectivity index (χ4v) is 6.25. The first-order valence-electron chi connectivity index (χ1n) is 14.0. The van der Waals surface area contributed by atoms with Crippen LogP contribution in [0.3, 0.4) is 0 Å². The maximum Gasteiger partial charge on any atom is 0.230 e. The van der Waals surface area contributed by atoms with E-state index in [9.17, 15) is 81.7 Å². The van der Waals surface area contributed by atoms with Crippen LogP contribution in [0, 0.1) is 0 Å². The van der Waals surface area contributed by atoms with E-state index in [2.05, 4.69) is 0 Å². The fraction of sp³-hybridized carbons (Fsp3) is 1.00. The Morgan fingerprint density at radius 1 is 0.467 bits per heavy atom. The van der Waals surface area contributed by atoms with Crippen LogP contribution in [-0.4, -0.2) is 230 Å². The van der Waals surface area contributed by atoms with E-state index < -0.39 is 148 Å². The fourth-order valence-electron chi connectivity index (χ4n) is 6.25. The van der Waals surface area contributed by atoms with Gasteiger partial charge in [0.05, 0.1) is 26.4 Å². The molecule has 0 aromatic rings. The summed E-state index contributed by atoms with van der Waals surface area (Å²) in [6, 6.07) is 0. The number of hydrogen-bond donors (Lipinski definition) is 16. The first kappa shape index (κ1) is 37.0. The molecule has 20 atom stereocenters. The molecule has 4 rings (SSSR count). The molecule has 3 unspecified atom stereocenters. The first-order chi connectivity index (χ1) is 21.0. The van der Waals surface area contributed by atoms with Crippen molar-refractivity contribution < 1.29 is 105 Å². The lowest BCUT2D eigenvalue weighted by Crippen LogP contribution is -2.86. The quantitative estimate of drug-likeness (QED) is 0.114. The molecule has 4 fully saturated rings. The Hall–Kier alpha value is -0.840. The van der Waals surface area contributed by atoms with Gasteiger partial charge in [-0.2, -0.15) is 0 Å². The molecule has 4 saturated heterocycles. The van der Waals surface area contributed by atoms with Crippen LogP contribution in [0.5, 0.6) is 0 Å². The average molecular weight is 667 g/mol. The van der Waals surface area contributed by atoms with E-state index in [0.29, 0.717) is 0 Å². The highest BCUT2D eigenvalue weighted by Crippen LogP contribution is 2.49. The SMILES string of the molecule is OC[C@H]1O[C@@H](O[C@@H]2[C@@H](CO)OC(O)(C3O[C@H](CO)[C@H](O)[C@@H](O)[C@H]3O)[C@@](O)(C3O[C@H](CO)[C@H](O)[C@@H](O)[C@H]3O)[C@H]2O)[C@H](O)[C@@H](O)[C@H]1O. The second kappa shape index (κ2) is 13.9. The summed E-state index contributed by atoms with van der Waals surface area (Å²) in [4.78, 5) is 0. The third-order valence-corrected chi connectivity index (χ3v) is 8.96. The number of aliphatic hydroxyl groups excluding tert-OH is 14.